The minimum atomic E-state index is -0.247. The Balaban J connectivity index is 1.31. The Kier molecular flexibility index (Phi) is 7.03. The lowest BCUT2D eigenvalue weighted by Gasteiger charge is -2.08. The van der Waals surface area contributed by atoms with Crippen LogP contribution < -0.4 is 15.4 Å². The van der Waals surface area contributed by atoms with Gasteiger partial charge in [0.05, 0.1) is 19.9 Å². The molecule has 0 radical (unpaired) electrons. The highest BCUT2D eigenvalue weighted by Gasteiger charge is 2.11. The van der Waals surface area contributed by atoms with Crippen molar-refractivity contribution in [3.05, 3.63) is 108 Å². The number of benzene rings is 3. The fraction of sp³-hybridized carbons (Fsp3) is 0.148. The van der Waals surface area contributed by atoms with Crippen molar-refractivity contribution >= 4 is 23.2 Å². The molecule has 34 heavy (non-hydrogen) atoms. The summed E-state index contributed by atoms with van der Waals surface area (Å²) in [6, 6.07) is 22.7. The molecular weight excluding hydrogens is 428 g/mol. The Hall–Kier alpha value is -4.39. The maximum atomic E-state index is 12.5. The van der Waals surface area contributed by atoms with E-state index in [1.165, 1.54) is 0 Å². The number of hydrogen-bond donors (Lipinski definition) is 2. The Bertz CT molecular complexity index is 1280. The van der Waals surface area contributed by atoms with Gasteiger partial charge in [0, 0.05) is 24.1 Å². The first-order valence-electron chi connectivity index (χ1n) is 10.9. The Morgan fingerprint density at radius 2 is 1.62 bits per heavy atom. The van der Waals surface area contributed by atoms with Crippen LogP contribution in [0.1, 0.15) is 27.2 Å². The van der Waals surface area contributed by atoms with Crippen LogP contribution in [0.15, 0.2) is 85.3 Å². The fourth-order valence-electron chi connectivity index (χ4n) is 3.50. The zero-order chi connectivity index (χ0) is 23.9. The van der Waals surface area contributed by atoms with Crippen molar-refractivity contribution in [2.75, 3.05) is 17.7 Å². The topological polar surface area (TPSA) is 85.2 Å². The van der Waals surface area contributed by atoms with Crippen LogP contribution in [0.4, 0.5) is 11.4 Å². The van der Waals surface area contributed by atoms with Crippen LogP contribution in [0.3, 0.4) is 0 Å². The Morgan fingerprint density at radius 3 is 2.32 bits per heavy atom. The lowest BCUT2D eigenvalue weighted by atomic mass is 10.1. The number of nitrogens with zero attached hydrogens (tertiary/aromatic N) is 2. The third-order valence-corrected chi connectivity index (χ3v) is 5.39. The summed E-state index contributed by atoms with van der Waals surface area (Å²) >= 11 is 0. The molecule has 0 bridgehead atoms. The predicted octanol–water partition coefficient (Wildman–Crippen LogP) is 4.68. The third-order valence-electron chi connectivity index (χ3n) is 5.39. The van der Waals surface area contributed by atoms with Gasteiger partial charge in [0.1, 0.15) is 11.4 Å². The second kappa shape index (κ2) is 10.5. The van der Waals surface area contributed by atoms with E-state index >= 15 is 0 Å². The lowest BCUT2D eigenvalue weighted by molar-refractivity contribution is -0.115. The largest absolute Gasteiger partial charge is 0.497 e. The molecule has 1 aromatic heterocycles. The highest BCUT2D eigenvalue weighted by atomic mass is 16.5. The highest BCUT2D eigenvalue weighted by Crippen LogP contribution is 2.16. The number of carbonyl (C=O) groups is 2. The summed E-state index contributed by atoms with van der Waals surface area (Å²) in [5.41, 5.74) is 4.78. The zero-order valence-corrected chi connectivity index (χ0v) is 19.1. The average molecular weight is 455 g/mol. The summed E-state index contributed by atoms with van der Waals surface area (Å²) in [6.45, 7) is 2.50. The van der Waals surface area contributed by atoms with Crippen LogP contribution in [0, 0.1) is 6.92 Å². The van der Waals surface area contributed by atoms with Crippen molar-refractivity contribution in [1.82, 2.24) is 9.55 Å². The number of aromatic nitrogens is 2. The molecule has 0 saturated heterocycles. The molecule has 0 aliphatic heterocycles. The van der Waals surface area contributed by atoms with Crippen molar-refractivity contribution in [2.24, 2.45) is 0 Å². The van der Waals surface area contributed by atoms with E-state index in [4.69, 9.17) is 4.74 Å². The molecule has 2 N–H and O–H groups in total. The summed E-state index contributed by atoms with van der Waals surface area (Å²) < 4.78 is 6.99. The van der Waals surface area contributed by atoms with Crippen LogP contribution in [0.25, 0.3) is 0 Å². The van der Waals surface area contributed by atoms with Crippen LogP contribution >= 0.6 is 0 Å². The SMILES string of the molecule is COc1ccc(CC(=O)Nc2ccc(Cn3cnc(C(=O)Nc4ccccc4C)c3)cc2)cc1. The minimum Gasteiger partial charge on any atom is -0.497 e. The average Bonchev–Trinajstić information content (AvgIpc) is 3.31. The van der Waals surface area contributed by atoms with Crippen molar-refractivity contribution < 1.29 is 14.3 Å². The number of methoxy groups -OCH3 is 1. The number of rotatable bonds is 8. The van der Waals surface area contributed by atoms with Gasteiger partial charge in [0.2, 0.25) is 5.91 Å². The Labute approximate surface area is 198 Å². The fourth-order valence-corrected chi connectivity index (χ4v) is 3.50. The first-order valence-corrected chi connectivity index (χ1v) is 10.9. The number of carbonyl (C=O) groups excluding carboxylic acids is 2. The van der Waals surface area contributed by atoms with Gasteiger partial charge in [-0.05, 0) is 53.9 Å². The molecule has 0 aliphatic carbocycles. The predicted molar refractivity (Wildman–Crippen MR) is 132 cm³/mol. The molecule has 7 nitrogen and oxygen atoms in total. The number of aryl methyl sites for hydroxylation is 1. The molecule has 7 heteroatoms. The van der Waals surface area contributed by atoms with Gasteiger partial charge in [-0.25, -0.2) is 4.98 Å². The molecule has 1 heterocycles. The van der Waals surface area contributed by atoms with Crippen LogP contribution in [-0.2, 0) is 17.8 Å². The van der Waals surface area contributed by atoms with Gasteiger partial charge in [0.15, 0.2) is 0 Å². The van der Waals surface area contributed by atoms with Crippen LogP contribution in [0.2, 0.25) is 0 Å². The number of ether oxygens (including phenoxy) is 1. The molecule has 0 unspecified atom stereocenters. The van der Waals surface area contributed by atoms with E-state index in [-0.39, 0.29) is 18.2 Å². The summed E-state index contributed by atoms with van der Waals surface area (Å²) in [5.74, 6) is 0.427. The highest BCUT2D eigenvalue weighted by molar-refractivity contribution is 6.03. The summed E-state index contributed by atoms with van der Waals surface area (Å²) in [7, 11) is 1.61. The molecule has 0 aliphatic rings. The number of para-hydroxylation sites is 1. The van der Waals surface area contributed by atoms with Gasteiger partial charge in [-0.2, -0.15) is 0 Å². The number of hydrogen-bond acceptors (Lipinski definition) is 4. The quantitative estimate of drug-likeness (QED) is 0.405. The molecule has 0 fully saturated rings. The number of anilines is 2. The second-order valence-corrected chi connectivity index (χ2v) is 7.97. The normalized spacial score (nSPS) is 10.5. The molecule has 172 valence electrons. The molecular formula is C27H26N4O3. The number of nitrogens with one attached hydrogen (secondary N) is 2. The van der Waals surface area contributed by atoms with E-state index in [1.54, 1.807) is 19.6 Å². The van der Waals surface area contributed by atoms with Crippen molar-refractivity contribution in [3.63, 3.8) is 0 Å². The lowest BCUT2D eigenvalue weighted by Crippen LogP contribution is -2.14. The molecule has 4 rings (SSSR count). The number of amides is 2. The first kappa shape index (κ1) is 22.8. The molecule has 4 aromatic rings. The molecule has 0 spiro atoms. The van der Waals surface area contributed by atoms with Gasteiger partial charge in [-0.3, -0.25) is 9.59 Å². The van der Waals surface area contributed by atoms with E-state index in [0.717, 1.165) is 33.8 Å². The third kappa shape index (κ3) is 5.89. The van der Waals surface area contributed by atoms with E-state index in [1.807, 2.05) is 84.3 Å². The van der Waals surface area contributed by atoms with Gasteiger partial charge in [-0.1, -0.05) is 42.5 Å². The Morgan fingerprint density at radius 1 is 0.912 bits per heavy atom. The van der Waals surface area contributed by atoms with Gasteiger partial charge >= 0.3 is 0 Å². The van der Waals surface area contributed by atoms with Crippen LogP contribution in [0.5, 0.6) is 5.75 Å². The molecule has 3 aromatic carbocycles. The van der Waals surface area contributed by atoms with E-state index in [9.17, 15) is 9.59 Å². The summed E-state index contributed by atoms with van der Waals surface area (Å²) in [5, 5.41) is 5.81. The van der Waals surface area contributed by atoms with Crippen molar-refractivity contribution in [2.45, 2.75) is 19.9 Å². The van der Waals surface area contributed by atoms with Gasteiger partial charge < -0.3 is 19.9 Å². The summed E-state index contributed by atoms with van der Waals surface area (Å²) in [4.78, 5) is 29.1. The molecule has 0 atom stereocenters. The van der Waals surface area contributed by atoms with E-state index < -0.39 is 0 Å². The maximum Gasteiger partial charge on any atom is 0.275 e. The first-order chi connectivity index (χ1) is 16.5. The number of imidazole rings is 1. The smallest absolute Gasteiger partial charge is 0.275 e. The molecule has 0 saturated carbocycles. The monoisotopic (exact) mass is 454 g/mol. The molecule has 2 amide bonds. The van der Waals surface area contributed by atoms with Crippen LogP contribution in [-0.4, -0.2) is 28.5 Å². The minimum absolute atomic E-state index is 0.0863. The van der Waals surface area contributed by atoms with Crippen molar-refractivity contribution in [1.29, 1.82) is 0 Å². The van der Waals surface area contributed by atoms with Crippen molar-refractivity contribution in [3.8, 4) is 5.75 Å². The summed E-state index contributed by atoms with van der Waals surface area (Å²) in [6.07, 6.45) is 3.64. The maximum absolute atomic E-state index is 12.5. The second-order valence-electron chi connectivity index (χ2n) is 7.97. The van der Waals surface area contributed by atoms with Gasteiger partial charge in [-0.15, -0.1) is 0 Å². The standard InChI is InChI=1S/C27H26N4O3/c1-19-5-3-4-6-24(19)30-27(33)25-17-31(18-28-25)16-21-7-11-22(12-8-21)29-26(32)15-20-9-13-23(34-2)14-10-20/h3-14,17-18H,15-16H2,1-2H3,(H,29,32)(H,30,33). The van der Waals surface area contributed by atoms with E-state index in [0.29, 0.717) is 12.2 Å². The van der Waals surface area contributed by atoms with E-state index in [2.05, 4.69) is 15.6 Å². The zero-order valence-electron chi connectivity index (χ0n) is 19.1. The van der Waals surface area contributed by atoms with Gasteiger partial charge in [0.25, 0.3) is 5.91 Å².